The van der Waals surface area contributed by atoms with Crippen LogP contribution in [0.15, 0.2) is 42.5 Å². The van der Waals surface area contributed by atoms with E-state index < -0.39 is 0 Å². The van der Waals surface area contributed by atoms with E-state index in [1.54, 1.807) is 36.4 Å². The van der Waals surface area contributed by atoms with Crippen LogP contribution in [0.3, 0.4) is 0 Å². The van der Waals surface area contributed by atoms with Crippen molar-refractivity contribution in [3.05, 3.63) is 58.9 Å². The van der Waals surface area contributed by atoms with Crippen LogP contribution in [0.2, 0.25) is 5.02 Å². The van der Waals surface area contributed by atoms with Crippen molar-refractivity contribution in [2.45, 2.75) is 46.1 Å². The number of halogens is 1. The van der Waals surface area contributed by atoms with E-state index in [4.69, 9.17) is 11.6 Å². The van der Waals surface area contributed by atoms with E-state index in [0.29, 0.717) is 22.0 Å². The number of nitrogens with one attached hydrogen (secondary N) is 2. The zero-order valence-corrected chi connectivity index (χ0v) is 18.9. The van der Waals surface area contributed by atoms with Gasteiger partial charge in [-0.3, -0.25) is 9.59 Å². The van der Waals surface area contributed by atoms with Crippen LogP contribution >= 0.6 is 11.6 Å². The normalized spacial score (nSPS) is 13.4. The van der Waals surface area contributed by atoms with Crippen LogP contribution in [-0.2, 0) is 17.8 Å². The molecule has 0 bridgehead atoms. The Balaban J connectivity index is 1.51. The Bertz CT molecular complexity index is 1140. The number of rotatable bonds is 5. The minimum absolute atomic E-state index is 0.0673. The molecule has 32 heavy (non-hydrogen) atoms. The molecule has 7 nitrogen and oxygen atoms in total. The largest absolute Gasteiger partial charge is 0.326 e. The molecule has 0 radical (unpaired) electrons. The Morgan fingerprint density at radius 3 is 2.47 bits per heavy atom. The summed E-state index contributed by atoms with van der Waals surface area (Å²) in [6, 6.07) is 12.2. The lowest BCUT2D eigenvalue weighted by molar-refractivity contribution is -0.118. The van der Waals surface area contributed by atoms with Gasteiger partial charge in [-0.15, -0.1) is 10.2 Å². The molecule has 2 N–H and O–H groups in total. The van der Waals surface area contributed by atoms with E-state index in [1.165, 1.54) is 6.42 Å². The van der Waals surface area contributed by atoms with Gasteiger partial charge in [-0.1, -0.05) is 31.9 Å². The molecule has 0 atom stereocenters. The Morgan fingerprint density at radius 2 is 1.72 bits per heavy atom. The lowest BCUT2D eigenvalue weighted by atomic mass is 10.1. The summed E-state index contributed by atoms with van der Waals surface area (Å²) in [4.78, 5) is 24.6. The van der Waals surface area contributed by atoms with Crippen molar-refractivity contribution in [3.63, 3.8) is 0 Å². The third-order valence-corrected chi connectivity index (χ3v) is 5.84. The van der Waals surface area contributed by atoms with Gasteiger partial charge in [0.15, 0.2) is 5.82 Å². The lowest BCUT2D eigenvalue weighted by Gasteiger charge is -2.12. The Kier molecular flexibility index (Phi) is 6.55. The second kappa shape index (κ2) is 9.53. The Morgan fingerprint density at radius 1 is 0.969 bits per heavy atom. The second-order valence-electron chi connectivity index (χ2n) is 8.27. The number of carbonyl (C=O) groups excluding carboxylic acids is 2. The van der Waals surface area contributed by atoms with E-state index in [2.05, 4.69) is 25.4 Å². The van der Waals surface area contributed by atoms with Crippen molar-refractivity contribution in [1.82, 2.24) is 14.8 Å². The minimum atomic E-state index is -0.250. The topological polar surface area (TPSA) is 88.9 Å². The molecular formula is C24H26ClN5O2. The number of aromatic nitrogens is 3. The van der Waals surface area contributed by atoms with E-state index in [1.807, 2.05) is 19.9 Å². The SMILES string of the molecule is CC(C)C(=O)Nc1ccc(C(=O)Nc2ccc(Cl)c(-c3nnc4n3CCCCC4)c2)cc1. The zero-order valence-electron chi connectivity index (χ0n) is 18.2. The first kappa shape index (κ1) is 22.0. The second-order valence-corrected chi connectivity index (χ2v) is 8.68. The summed E-state index contributed by atoms with van der Waals surface area (Å²) in [5.41, 5.74) is 2.51. The van der Waals surface area contributed by atoms with Crippen molar-refractivity contribution in [1.29, 1.82) is 0 Å². The van der Waals surface area contributed by atoms with Crippen LogP contribution < -0.4 is 10.6 Å². The molecule has 0 saturated carbocycles. The fourth-order valence-corrected chi connectivity index (χ4v) is 3.86. The summed E-state index contributed by atoms with van der Waals surface area (Å²) >= 11 is 6.48. The minimum Gasteiger partial charge on any atom is -0.326 e. The average molecular weight is 452 g/mol. The first-order valence-electron chi connectivity index (χ1n) is 10.9. The van der Waals surface area contributed by atoms with Gasteiger partial charge in [0.05, 0.1) is 5.02 Å². The number of anilines is 2. The van der Waals surface area contributed by atoms with E-state index in [9.17, 15) is 9.59 Å². The fourth-order valence-electron chi connectivity index (χ4n) is 3.65. The number of fused-ring (bicyclic) bond motifs is 1. The first-order valence-corrected chi connectivity index (χ1v) is 11.2. The van der Waals surface area contributed by atoms with Crippen molar-refractivity contribution < 1.29 is 9.59 Å². The van der Waals surface area contributed by atoms with Crippen LogP contribution in [0, 0.1) is 5.92 Å². The van der Waals surface area contributed by atoms with Crippen molar-refractivity contribution in [2.24, 2.45) is 5.92 Å². The van der Waals surface area contributed by atoms with Crippen molar-refractivity contribution >= 4 is 34.8 Å². The van der Waals surface area contributed by atoms with Gasteiger partial charge in [0.2, 0.25) is 5.91 Å². The highest BCUT2D eigenvalue weighted by Crippen LogP contribution is 2.31. The quantitative estimate of drug-likeness (QED) is 0.559. The smallest absolute Gasteiger partial charge is 0.255 e. The van der Waals surface area contributed by atoms with E-state index >= 15 is 0 Å². The number of nitrogens with zero attached hydrogens (tertiary/aromatic N) is 3. The van der Waals surface area contributed by atoms with Crippen molar-refractivity contribution in [3.8, 4) is 11.4 Å². The summed E-state index contributed by atoms with van der Waals surface area (Å²) in [5.74, 6) is 1.28. The maximum Gasteiger partial charge on any atom is 0.255 e. The van der Waals surface area contributed by atoms with Crippen LogP contribution in [0.4, 0.5) is 11.4 Å². The third kappa shape index (κ3) is 4.83. The molecule has 3 aromatic rings. The highest BCUT2D eigenvalue weighted by molar-refractivity contribution is 6.33. The number of aryl methyl sites for hydroxylation is 1. The first-order chi connectivity index (χ1) is 15.4. The highest BCUT2D eigenvalue weighted by Gasteiger charge is 2.19. The molecule has 2 heterocycles. The van der Waals surface area contributed by atoms with Crippen molar-refractivity contribution in [2.75, 3.05) is 10.6 Å². The molecule has 0 unspecified atom stereocenters. The summed E-state index contributed by atoms with van der Waals surface area (Å²) < 4.78 is 2.13. The predicted molar refractivity (Wildman–Crippen MR) is 126 cm³/mol. The lowest BCUT2D eigenvalue weighted by Crippen LogP contribution is -2.18. The average Bonchev–Trinajstić information content (AvgIpc) is 3.03. The number of carbonyl (C=O) groups is 2. The van der Waals surface area contributed by atoms with Gasteiger partial charge in [0.25, 0.3) is 5.91 Å². The number of hydrogen-bond acceptors (Lipinski definition) is 4. The molecule has 8 heteroatoms. The Labute approximate surface area is 192 Å². The highest BCUT2D eigenvalue weighted by atomic mass is 35.5. The van der Waals surface area contributed by atoms with E-state index in [0.717, 1.165) is 43.0 Å². The van der Waals surface area contributed by atoms with Gasteiger partial charge in [-0.05, 0) is 55.3 Å². The summed E-state index contributed by atoms with van der Waals surface area (Å²) in [7, 11) is 0. The number of amides is 2. The summed E-state index contributed by atoms with van der Waals surface area (Å²) in [5, 5.41) is 15.0. The molecule has 2 amide bonds. The van der Waals surface area contributed by atoms with Gasteiger partial charge < -0.3 is 15.2 Å². The maximum absolute atomic E-state index is 12.8. The summed E-state index contributed by atoms with van der Waals surface area (Å²) in [6.45, 7) is 4.52. The van der Waals surface area contributed by atoms with Gasteiger partial charge >= 0.3 is 0 Å². The predicted octanol–water partition coefficient (Wildman–Crippen LogP) is 5.17. The maximum atomic E-state index is 12.8. The van der Waals surface area contributed by atoms with Crippen LogP contribution in [-0.4, -0.2) is 26.6 Å². The van der Waals surface area contributed by atoms with Gasteiger partial charge in [-0.25, -0.2) is 0 Å². The molecule has 1 aliphatic rings. The number of hydrogen-bond donors (Lipinski definition) is 2. The van der Waals surface area contributed by atoms with Gasteiger partial charge in [-0.2, -0.15) is 0 Å². The van der Waals surface area contributed by atoms with Crippen LogP contribution in [0.1, 0.15) is 49.3 Å². The standard InChI is InChI=1S/C24H26ClN5O2/c1-15(2)23(31)26-17-9-7-16(8-10-17)24(32)27-18-11-12-20(25)19(14-18)22-29-28-21-6-4-3-5-13-30(21)22/h7-12,14-15H,3-6,13H2,1-2H3,(H,26,31)(H,27,32). The third-order valence-electron chi connectivity index (χ3n) is 5.51. The Hall–Kier alpha value is -3.19. The molecule has 1 aliphatic heterocycles. The molecule has 0 fully saturated rings. The molecular weight excluding hydrogens is 426 g/mol. The molecule has 0 spiro atoms. The van der Waals surface area contributed by atoms with E-state index in [-0.39, 0.29) is 17.7 Å². The molecule has 166 valence electrons. The van der Waals surface area contributed by atoms with Gasteiger partial charge in [0, 0.05) is 41.4 Å². The fraction of sp³-hybridized carbons (Fsp3) is 0.333. The molecule has 0 aliphatic carbocycles. The van der Waals surface area contributed by atoms with Crippen LogP contribution in [0.25, 0.3) is 11.4 Å². The zero-order chi connectivity index (χ0) is 22.7. The van der Waals surface area contributed by atoms with Crippen LogP contribution in [0.5, 0.6) is 0 Å². The van der Waals surface area contributed by atoms with Gasteiger partial charge in [0.1, 0.15) is 5.82 Å². The molecule has 1 aromatic heterocycles. The molecule has 2 aromatic carbocycles. The summed E-state index contributed by atoms with van der Waals surface area (Å²) in [6.07, 6.45) is 4.28. The number of benzene rings is 2. The molecule has 4 rings (SSSR count). The monoisotopic (exact) mass is 451 g/mol. The molecule has 0 saturated heterocycles.